The Morgan fingerprint density at radius 1 is 1.00 bits per heavy atom. The smallest absolute Gasteiger partial charge is 0.292 e. The lowest BCUT2D eigenvalue weighted by atomic mass is 10.0. The van der Waals surface area contributed by atoms with Gasteiger partial charge in [-0.15, -0.1) is 0 Å². The maximum absolute atomic E-state index is 12.8. The van der Waals surface area contributed by atoms with Crippen LogP contribution in [0.25, 0.3) is 0 Å². The van der Waals surface area contributed by atoms with Crippen molar-refractivity contribution in [2.45, 2.75) is 0 Å². The van der Waals surface area contributed by atoms with Crippen LogP contribution in [0.15, 0.2) is 60.7 Å². The Hall–Kier alpha value is -3.09. The monoisotopic (exact) mass is 416 g/mol. The number of ether oxygens (including phenoxy) is 1. The molecule has 0 atom stereocenters. The van der Waals surface area contributed by atoms with Crippen molar-refractivity contribution in [2.75, 3.05) is 12.4 Å². The van der Waals surface area contributed by atoms with Gasteiger partial charge in [-0.05, 0) is 42.5 Å². The summed E-state index contributed by atoms with van der Waals surface area (Å²) in [6, 6.07) is 15.7. The molecule has 28 heavy (non-hydrogen) atoms. The van der Waals surface area contributed by atoms with Gasteiger partial charge >= 0.3 is 0 Å². The molecule has 142 valence electrons. The molecule has 0 spiro atoms. The van der Waals surface area contributed by atoms with E-state index in [0.29, 0.717) is 22.7 Å². The molecule has 3 aromatic carbocycles. The van der Waals surface area contributed by atoms with Crippen molar-refractivity contribution in [1.82, 2.24) is 0 Å². The summed E-state index contributed by atoms with van der Waals surface area (Å²) in [5.41, 5.74) is 1.33. The van der Waals surface area contributed by atoms with Crippen LogP contribution in [-0.4, -0.2) is 17.8 Å². The first-order valence-electron chi connectivity index (χ1n) is 8.09. The topological polar surface area (TPSA) is 81.5 Å². The van der Waals surface area contributed by atoms with E-state index in [1.807, 2.05) is 0 Å². The summed E-state index contributed by atoms with van der Waals surface area (Å²) in [4.78, 5) is 23.4. The molecule has 1 N–H and O–H groups in total. The molecule has 0 unspecified atom stereocenters. The fourth-order valence-corrected chi connectivity index (χ4v) is 3.15. The van der Waals surface area contributed by atoms with Crippen LogP contribution in [0.5, 0.6) is 5.75 Å². The highest BCUT2D eigenvalue weighted by Gasteiger charge is 2.18. The third-order valence-corrected chi connectivity index (χ3v) is 4.64. The lowest BCUT2D eigenvalue weighted by molar-refractivity contribution is -0.383. The summed E-state index contributed by atoms with van der Waals surface area (Å²) >= 11 is 12.5. The largest absolute Gasteiger partial charge is 0.497 e. The number of carbonyl (C=O) groups excluding carboxylic acids is 1. The zero-order valence-corrected chi connectivity index (χ0v) is 16.1. The number of hydrogen-bond donors (Lipinski definition) is 1. The van der Waals surface area contributed by atoms with Crippen molar-refractivity contribution in [3.8, 4) is 5.75 Å². The average molecular weight is 417 g/mol. The predicted molar refractivity (Wildman–Crippen MR) is 109 cm³/mol. The van der Waals surface area contributed by atoms with E-state index >= 15 is 0 Å². The summed E-state index contributed by atoms with van der Waals surface area (Å²) < 4.78 is 5.08. The Kier molecular flexibility index (Phi) is 5.82. The van der Waals surface area contributed by atoms with E-state index in [2.05, 4.69) is 5.32 Å². The standard InChI is InChI=1S/C20H14Cl2N2O4/c1-28-13-7-9-15(17(22)11-13)20(25)14-8-6-12(10-16(14)21)23-18-4-2-3-5-19(18)24(26)27/h2-11,23H,1H3. The first kappa shape index (κ1) is 19.7. The molecular weight excluding hydrogens is 403 g/mol. The zero-order valence-electron chi connectivity index (χ0n) is 14.6. The minimum Gasteiger partial charge on any atom is -0.497 e. The maximum atomic E-state index is 12.8. The molecule has 0 radical (unpaired) electrons. The minimum absolute atomic E-state index is 0.0659. The minimum atomic E-state index is -0.479. The number of anilines is 2. The van der Waals surface area contributed by atoms with Gasteiger partial charge in [-0.3, -0.25) is 14.9 Å². The summed E-state index contributed by atoms with van der Waals surface area (Å²) in [5, 5.41) is 14.5. The first-order chi connectivity index (χ1) is 13.4. The van der Waals surface area contributed by atoms with Crippen LogP contribution < -0.4 is 10.1 Å². The van der Waals surface area contributed by atoms with E-state index in [0.717, 1.165) is 0 Å². The maximum Gasteiger partial charge on any atom is 0.292 e. The number of methoxy groups -OCH3 is 1. The highest BCUT2D eigenvalue weighted by Crippen LogP contribution is 2.31. The summed E-state index contributed by atoms with van der Waals surface area (Å²) in [6.07, 6.45) is 0. The number of nitrogens with one attached hydrogen (secondary N) is 1. The summed E-state index contributed by atoms with van der Waals surface area (Å²) in [7, 11) is 1.51. The molecule has 0 saturated carbocycles. The number of hydrogen-bond acceptors (Lipinski definition) is 5. The number of benzene rings is 3. The number of halogens is 2. The number of carbonyl (C=O) groups is 1. The van der Waals surface area contributed by atoms with Gasteiger partial charge in [0.05, 0.1) is 22.1 Å². The number of rotatable bonds is 6. The van der Waals surface area contributed by atoms with E-state index in [1.165, 1.54) is 19.2 Å². The molecule has 0 aliphatic rings. The van der Waals surface area contributed by atoms with Gasteiger partial charge < -0.3 is 10.1 Å². The fraction of sp³-hybridized carbons (Fsp3) is 0.0500. The van der Waals surface area contributed by atoms with Crippen LogP contribution >= 0.6 is 23.2 Å². The molecule has 0 aromatic heterocycles. The van der Waals surface area contributed by atoms with E-state index in [4.69, 9.17) is 27.9 Å². The van der Waals surface area contributed by atoms with Crippen molar-refractivity contribution < 1.29 is 14.5 Å². The lowest BCUT2D eigenvalue weighted by Crippen LogP contribution is -2.04. The molecule has 6 nitrogen and oxygen atoms in total. The normalized spacial score (nSPS) is 10.4. The van der Waals surface area contributed by atoms with Gasteiger partial charge in [0.25, 0.3) is 5.69 Å². The molecule has 0 bridgehead atoms. The number of ketones is 1. The Morgan fingerprint density at radius 2 is 1.64 bits per heavy atom. The number of para-hydroxylation sites is 2. The van der Waals surface area contributed by atoms with Crippen molar-refractivity contribution in [3.63, 3.8) is 0 Å². The Bertz CT molecular complexity index is 1070. The van der Waals surface area contributed by atoms with E-state index in [1.54, 1.807) is 48.5 Å². The molecule has 0 heterocycles. The van der Waals surface area contributed by atoms with Crippen LogP contribution in [0, 0.1) is 10.1 Å². The molecule has 3 aromatic rings. The lowest BCUT2D eigenvalue weighted by Gasteiger charge is -2.11. The Morgan fingerprint density at radius 3 is 2.25 bits per heavy atom. The SMILES string of the molecule is COc1ccc(C(=O)c2ccc(Nc3ccccc3[N+](=O)[O-])cc2Cl)c(Cl)c1. The van der Waals surface area contributed by atoms with Crippen LogP contribution in [0.4, 0.5) is 17.1 Å². The molecule has 0 saturated heterocycles. The number of nitro groups is 1. The zero-order chi connectivity index (χ0) is 20.3. The van der Waals surface area contributed by atoms with E-state index < -0.39 is 4.92 Å². The highest BCUT2D eigenvalue weighted by molar-refractivity contribution is 6.38. The highest BCUT2D eigenvalue weighted by atomic mass is 35.5. The van der Waals surface area contributed by atoms with Crippen molar-refractivity contribution >= 4 is 46.0 Å². The van der Waals surface area contributed by atoms with E-state index in [9.17, 15) is 14.9 Å². The summed E-state index contributed by atoms with van der Waals surface area (Å²) in [6.45, 7) is 0. The molecule has 8 heteroatoms. The third kappa shape index (κ3) is 4.08. The first-order valence-corrected chi connectivity index (χ1v) is 8.84. The summed E-state index contributed by atoms with van der Waals surface area (Å²) in [5.74, 6) is 0.201. The van der Waals surface area contributed by atoms with Gasteiger partial charge in [0.15, 0.2) is 5.78 Å². The second kappa shape index (κ2) is 8.29. The number of nitro benzene ring substituents is 1. The predicted octanol–water partition coefficient (Wildman–Crippen LogP) is 5.88. The molecule has 3 rings (SSSR count). The molecule has 0 fully saturated rings. The van der Waals surface area contributed by atoms with Gasteiger partial charge in [-0.25, -0.2) is 0 Å². The third-order valence-electron chi connectivity index (χ3n) is 4.01. The second-order valence-electron chi connectivity index (χ2n) is 5.77. The van der Waals surface area contributed by atoms with Crippen LogP contribution in [-0.2, 0) is 0 Å². The Labute approximate surface area is 170 Å². The molecule has 0 amide bonds. The Balaban J connectivity index is 1.89. The molecule has 0 aliphatic heterocycles. The average Bonchev–Trinajstić information content (AvgIpc) is 2.67. The second-order valence-corrected chi connectivity index (χ2v) is 6.58. The van der Waals surface area contributed by atoms with Gasteiger partial charge in [-0.1, -0.05) is 35.3 Å². The van der Waals surface area contributed by atoms with Crippen LogP contribution in [0.3, 0.4) is 0 Å². The quantitative estimate of drug-likeness (QED) is 0.308. The number of nitrogens with zero attached hydrogens (tertiary/aromatic N) is 1. The van der Waals surface area contributed by atoms with Gasteiger partial charge in [0.1, 0.15) is 11.4 Å². The van der Waals surface area contributed by atoms with Crippen molar-refractivity contribution in [3.05, 3.63) is 92.0 Å². The van der Waals surface area contributed by atoms with Gasteiger partial charge in [0, 0.05) is 22.9 Å². The van der Waals surface area contributed by atoms with Crippen molar-refractivity contribution in [2.24, 2.45) is 0 Å². The van der Waals surface area contributed by atoms with Crippen LogP contribution in [0.2, 0.25) is 10.0 Å². The van der Waals surface area contributed by atoms with Crippen molar-refractivity contribution in [1.29, 1.82) is 0 Å². The van der Waals surface area contributed by atoms with Crippen LogP contribution in [0.1, 0.15) is 15.9 Å². The van der Waals surface area contributed by atoms with Gasteiger partial charge in [-0.2, -0.15) is 0 Å². The molecular formula is C20H14Cl2N2O4. The van der Waals surface area contributed by atoms with Gasteiger partial charge in [0.2, 0.25) is 0 Å². The fourth-order valence-electron chi connectivity index (χ4n) is 2.62. The molecule has 0 aliphatic carbocycles. The van der Waals surface area contributed by atoms with E-state index in [-0.39, 0.29) is 27.1 Å².